The maximum Gasteiger partial charge on any atom is 0.391 e. The highest BCUT2D eigenvalue weighted by Gasteiger charge is 2.42. The topological polar surface area (TPSA) is 57.7 Å². The van der Waals surface area contributed by atoms with E-state index in [9.17, 15) is 13.2 Å². The van der Waals surface area contributed by atoms with E-state index in [0.717, 1.165) is 19.3 Å². The number of hydrogen-bond acceptors (Lipinski definition) is 3. The van der Waals surface area contributed by atoms with Gasteiger partial charge in [0.1, 0.15) is 0 Å². The van der Waals surface area contributed by atoms with Gasteiger partial charge < -0.3 is 20.7 Å². The van der Waals surface area contributed by atoms with Crippen molar-refractivity contribution in [3.8, 4) is 0 Å². The van der Waals surface area contributed by atoms with Crippen molar-refractivity contribution in [1.82, 2.24) is 16.0 Å². The van der Waals surface area contributed by atoms with Gasteiger partial charge in [-0.15, -0.1) is 24.0 Å². The molecule has 9 heteroatoms. The van der Waals surface area contributed by atoms with Crippen LogP contribution in [-0.4, -0.2) is 50.5 Å². The molecule has 1 saturated carbocycles. The van der Waals surface area contributed by atoms with E-state index in [4.69, 9.17) is 4.74 Å². The van der Waals surface area contributed by atoms with E-state index < -0.39 is 12.1 Å². The summed E-state index contributed by atoms with van der Waals surface area (Å²) in [6.07, 6.45) is -0.779. The molecule has 5 nitrogen and oxygen atoms in total. The van der Waals surface area contributed by atoms with E-state index in [-0.39, 0.29) is 54.4 Å². The fourth-order valence-corrected chi connectivity index (χ4v) is 4.68. The van der Waals surface area contributed by atoms with Crippen molar-refractivity contribution >= 4 is 29.9 Å². The molecule has 1 heterocycles. The van der Waals surface area contributed by atoms with Crippen LogP contribution >= 0.6 is 24.0 Å². The van der Waals surface area contributed by atoms with Crippen LogP contribution in [0.5, 0.6) is 0 Å². The van der Waals surface area contributed by atoms with Crippen LogP contribution in [0.2, 0.25) is 0 Å². The molecular weight excluding hydrogens is 532 g/mol. The summed E-state index contributed by atoms with van der Waals surface area (Å²) < 4.78 is 45.0. The molecule has 3 atom stereocenters. The van der Waals surface area contributed by atoms with Crippen LogP contribution in [-0.2, 0) is 4.74 Å². The van der Waals surface area contributed by atoms with Crippen molar-refractivity contribution in [1.29, 1.82) is 0 Å². The molecule has 3 N–H and O–H groups in total. The Morgan fingerprint density at radius 2 is 1.88 bits per heavy atom. The van der Waals surface area contributed by atoms with Crippen LogP contribution < -0.4 is 16.0 Å². The predicted molar refractivity (Wildman–Crippen MR) is 132 cm³/mol. The third kappa shape index (κ3) is 7.76. The van der Waals surface area contributed by atoms with Crippen molar-refractivity contribution in [2.45, 2.75) is 69.2 Å². The first kappa shape index (κ1) is 27.2. The second-order valence-corrected chi connectivity index (χ2v) is 8.84. The average Bonchev–Trinajstić information content (AvgIpc) is 2.77. The van der Waals surface area contributed by atoms with Gasteiger partial charge in [0.2, 0.25) is 0 Å². The van der Waals surface area contributed by atoms with Crippen LogP contribution in [0.3, 0.4) is 0 Å². The van der Waals surface area contributed by atoms with Gasteiger partial charge in [-0.25, -0.2) is 0 Å². The molecule has 3 rings (SSSR count). The zero-order valence-corrected chi connectivity index (χ0v) is 21.2. The summed E-state index contributed by atoms with van der Waals surface area (Å²) in [6.45, 7) is 4.14. The first-order valence-corrected chi connectivity index (χ1v) is 11.3. The van der Waals surface area contributed by atoms with Crippen LogP contribution in [0, 0.1) is 5.92 Å². The lowest BCUT2D eigenvalue weighted by Crippen LogP contribution is -2.59. The number of ether oxygens (including phenoxy) is 1. The monoisotopic (exact) mass is 568 g/mol. The summed E-state index contributed by atoms with van der Waals surface area (Å²) >= 11 is 0. The largest absolute Gasteiger partial charge is 0.391 e. The van der Waals surface area contributed by atoms with Gasteiger partial charge in [0.05, 0.1) is 5.92 Å². The van der Waals surface area contributed by atoms with Gasteiger partial charge in [-0.05, 0) is 44.6 Å². The summed E-state index contributed by atoms with van der Waals surface area (Å²) in [4.78, 5) is 4.28. The SMILES string of the molecule is CN=C(NCC1(NC(C)c2ccccc2)CCOCC1)NC1CCCC(C(F)(F)F)C1.I. The van der Waals surface area contributed by atoms with E-state index in [1.54, 1.807) is 7.05 Å². The predicted octanol–water partition coefficient (Wildman–Crippen LogP) is 4.79. The molecule has 2 aliphatic rings. The highest BCUT2D eigenvalue weighted by molar-refractivity contribution is 14.0. The third-order valence-corrected chi connectivity index (χ3v) is 6.57. The van der Waals surface area contributed by atoms with Crippen molar-refractivity contribution in [2.24, 2.45) is 10.9 Å². The summed E-state index contributed by atoms with van der Waals surface area (Å²) in [6, 6.07) is 10.2. The number of hydrogen-bond donors (Lipinski definition) is 3. The number of nitrogens with zero attached hydrogens (tertiary/aromatic N) is 1. The number of nitrogens with one attached hydrogen (secondary N) is 3. The molecule has 182 valence electrons. The number of rotatable bonds is 6. The lowest BCUT2D eigenvalue weighted by atomic mass is 9.85. The first-order chi connectivity index (χ1) is 14.8. The molecule has 0 radical (unpaired) electrons. The second kappa shape index (κ2) is 12.4. The van der Waals surface area contributed by atoms with Crippen LogP contribution in [0.1, 0.15) is 57.1 Å². The molecule has 2 fully saturated rings. The standard InChI is InChI=1S/C23H35F3N4O.HI/c1-17(18-7-4-3-5-8-18)30-22(11-13-31-14-12-22)16-28-21(27-2)29-20-10-6-9-19(15-20)23(24,25)26;/h3-5,7-8,17,19-20,30H,6,9-16H2,1-2H3,(H2,27,28,29);1H. The van der Waals surface area contributed by atoms with Gasteiger partial charge in [0.25, 0.3) is 0 Å². The number of guanidine groups is 1. The molecule has 0 aromatic heterocycles. The van der Waals surface area contributed by atoms with E-state index in [2.05, 4.69) is 40.0 Å². The van der Waals surface area contributed by atoms with Gasteiger partial charge >= 0.3 is 6.18 Å². The Hall–Kier alpha value is -1.07. The summed E-state index contributed by atoms with van der Waals surface area (Å²) in [5, 5.41) is 10.4. The Bertz CT molecular complexity index is 711. The Balaban J connectivity index is 0.00000363. The third-order valence-electron chi connectivity index (χ3n) is 6.57. The van der Waals surface area contributed by atoms with Gasteiger partial charge in [0.15, 0.2) is 5.96 Å². The van der Waals surface area contributed by atoms with Crippen LogP contribution in [0.4, 0.5) is 13.2 Å². The Kier molecular flexibility index (Phi) is 10.5. The van der Waals surface area contributed by atoms with Gasteiger partial charge in [-0.1, -0.05) is 36.8 Å². The Labute approximate surface area is 206 Å². The van der Waals surface area contributed by atoms with E-state index >= 15 is 0 Å². The van der Waals surface area contributed by atoms with Crippen LogP contribution in [0.25, 0.3) is 0 Å². The lowest BCUT2D eigenvalue weighted by molar-refractivity contribution is -0.183. The Morgan fingerprint density at radius 1 is 1.19 bits per heavy atom. The molecule has 1 aromatic rings. The van der Waals surface area contributed by atoms with Gasteiger partial charge in [0, 0.05) is 44.4 Å². The minimum Gasteiger partial charge on any atom is -0.381 e. The molecule has 1 saturated heterocycles. The van der Waals surface area contributed by atoms with E-state index in [0.29, 0.717) is 32.1 Å². The highest BCUT2D eigenvalue weighted by Crippen LogP contribution is 2.37. The number of aliphatic imine (C=N–C) groups is 1. The zero-order valence-electron chi connectivity index (χ0n) is 18.9. The van der Waals surface area contributed by atoms with Crippen molar-refractivity contribution in [3.63, 3.8) is 0 Å². The first-order valence-electron chi connectivity index (χ1n) is 11.3. The average molecular weight is 568 g/mol. The molecule has 0 bridgehead atoms. The molecule has 1 aromatic carbocycles. The molecule has 0 amide bonds. The van der Waals surface area contributed by atoms with Crippen molar-refractivity contribution in [2.75, 3.05) is 26.8 Å². The summed E-state index contributed by atoms with van der Waals surface area (Å²) in [5.41, 5.74) is 1.04. The molecule has 0 spiro atoms. The number of benzene rings is 1. The normalized spacial score (nSPS) is 24.8. The van der Waals surface area contributed by atoms with Gasteiger partial charge in [-0.2, -0.15) is 13.2 Å². The second-order valence-electron chi connectivity index (χ2n) is 8.84. The molecular formula is C23H36F3IN4O. The van der Waals surface area contributed by atoms with E-state index in [1.165, 1.54) is 5.56 Å². The van der Waals surface area contributed by atoms with Crippen molar-refractivity contribution in [3.05, 3.63) is 35.9 Å². The lowest BCUT2D eigenvalue weighted by Gasteiger charge is -2.41. The molecule has 3 unspecified atom stereocenters. The minimum absolute atomic E-state index is 0. The summed E-state index contributed by atoms with van der Waals surface area (Å²) in [7, 11) is 1.66. The smallest absolute Gasteiger partial charge is 0.381 e. The zero-order chi connectivity index (χ0) is 22.3. The maximum absolute atomic E-state index is 13.1. The molecule has 1 aliphatic heterocycles. The van der Waals surface area contributed by atoms with Crippen molar-refractivity contribution < 1.29 is 17.9 Å². The van der Waals surface area contributed by atoms with Crippen LogP contribution in [0.15, 0.2) is 35.3 Å². The number of halogens is 4. The fourth-order valence-electron chi connectivity index (χ4n) is 4.68. The highest BCUT2D eigenvalue weighted by atomic mass is 127. The summed E-state index contributed by atoms with van der Waals surface area (Å²) in [5.74, 6) is -0.667. The van der Waals surface area contributed by atoms with E-state index in [1.807, 2.05) is 18.2 Å². The molecule has 1 aliphatic carbocycles. The number of alkyl halides is 3. The maximum atomic E-state index is 13.1. The fraction of sp³-hybridized carbons (Fsp3) is 0.696. The Morgan fingerprint density at radius 3 is 2.50 bits per heavy atom. The van der Waals surface area contributed by atoms with Gasteiger partial charge in [-0.3, -0.25) is 4.99 Å². The minimum atomic E-state index is -4.12. The molecule has 32 heavy (non-hydrogen) atoms. The quantitative estimate of drug-likeness (QED) is 0.263.